The van der Waals surface area contributed by atoms with E-state index in [1.807, 2.05) is 30.3 Å². The molecule has 9 nitrogen and oxygen atoms in total. The Hall–Kier alpha value is -3.98. The van der Waals surface area contributed by atoms with Crippen LogP contribution in [0.3, 0.4) is 0 Å². The lowest BCUT2D eigenvalue weighted by Gasteiger charge is -2.15. The Morgan fingerprint density at radius 3 is 1.76 bits per heavy atom. The highest BCUT2D eigenvalue weighted by molar-refractivity contribution is 6.27. The second-order valence-corrected chi connectivity index (χ2v) is 6.72. The fourth-order valence-corrected chi connectivity index (χ4v) is 3.24. The first-order chi connectivity index (χ1) is 15.9. The summed E-state index contributed by atoms with van der Waals surface area (Å²) >= 11 is 0. The van der Waals surface area contributed by atoms with E-state index >= 15 is 0 Å². The summed E-state index contributed by atoms with van der Waals surface area (Å²) in [4.78, 5) is 18.2. The summed E-state index contributed by atoms with van der Waals surface area (Å²) in [5.41, 5.74) is 2.28. The number of hydrogen-bond donors (Lipinski definition) is 3. The molecule has 0 bridgehead atoms. The highest BCUT2D eigenvalue weighted by Crippen LogP contribution is 2.38. The third-order valence-electron chi connectivity index (χ3n) is 4.75. The average molecular weight is 457 g/mol. The van der Waals surface area contributed by atoms with Crippen LogP contribution >= 0.6 is 0 Å². The number of ether oxygens (including phenoxy) is 4. The Morgan fingerprint density at radius 2 is 1.27 bits per heavy atom. The number of carboxylic acids is 2. The summed E-state index contributed by atoms with van der Waals surface area (Å²) in [7, 11) is 6.55. The molecule has 0 heterocycles. The van der Waals surface area contributed by atoms with Gasteiger partial charge in [0, 0.05) is 18.5 Å². The molecular weight excluding hydrogens is 430 g/mol. The molecule has 0 unspecified atom stereocenters. The molecule has 0 aliphatic heterocycles. The van der Waals surface area contributed by atoms with Crippen molar-refractivity contribution in [2.45, 2.75) is 13.1 Å². The van der Waals surface area contributed by atoms with E-state index in [9.17, 15) is 0 Å². The third kappa shape index (κ3) is 6.50. The molecule has 0 aromatic heterocycles. The van der Waals surface area contributed by atoms with Gasteiger partial charge in [0.05, 0.1) is 28.4 Å². The molecule has 0 amide bonds. The van der Waals surface area contributed by atoms with Gasteiger partial charge in [-0.3, -0.25) is 0 Å². The van der Waals surface area contributed by atoms with Gasteiger partial charge in [0.1, 0.15) is 5.75 Å². The first-order valence-corrected chi connectivity index (χ1v) is 9.86. The molecule has 3 rings (SSSR count). The zero-order valence-electron chi connectivity index (χ0n) is 18.9. The Bertz CT molecular complexity index is 1080. The van der Waals surface area contributed by atoms with Crippen molar-refractivity contribution < 1.29 is 38.7 Å². The molecule has 0 saturated carbocycles. The van der Waals surface area contributed by atoms with Gasteiger partial charge >= 0.3 is 11.9 Å². The quantitative estimate of drug-likeness (QED) is 0.437. The van der Waals surface area contributed by atoms with Crippen molar-refractivity contribution in [3.63, 3.8) is 0 Å². The second-order valence-electron chi connectivity index (χ2n) is 6.72. The van der Waals surface area contributed by atoms with Crippen LogP contribution < -0.4 is 24.3 Å². The predicted octanol–water partition coefficient (Wildman–Crippen LogP) is 3.32. The molecule has 0 radical (unpaired) electrons. The van der Waals surface area contributed by atoms with E-state index in [1.165, 1.54) is 10.9 Å². The zero-order chi connectivity index (χ0) is 24.4. The monoisotopic (exact) mass is 457 g/mol. The van der Waals surface area contributed by atoms with Gasteiger partial charge in [-0.05, 0) is 34.7 Å². The smallest absolute Gasteiger partial charge is 0.414 e. The minimum atomic E-state index is -1.82. The number of hydrogen-bond acceptors (Lipinski definition) is 7. The first-order valence-electron chi connectivity index (χ1n) is 9.86. The fourth-order valence-electron chi connectivity index (χ4n) is 3.24. The van der Waals surface area contributed by atoms with Gasteiger partial charge in [-0.2, -0.15) is 0 Å². The lowest BCUT2D eigenvalue weighted by Crippen LogP contribution is -2.13. The molecule has 0 aliphatic rings. The maximum Gasteiger partial charge on any atom is 0.414 e. The highest BCUT2D eigenvalue weighted by atomic mass is 16.5. The Morgan fingerprint density at radius 1 is 0.727 bits per heavy atom. The Balaban J connectivity index is 0.000000569. The van der Waals surface area contributed by atoms with Crippen LogP contribution in [0.4, 0.5) is 0 Å². The van der Waals surface area contributed by atoms with E-state index in [0.29, 0.717) is 23.8 Å². The number of aliphatic carboxylic acids is 2. The molecule has 3 aromatic carbocycles. The second kappa shape index (κ2) is 12.2. The minimum Gasteiger partial charge on any atom is -0.496 e. The molecule has 0 fully saturated rings. The third-order valence-corrected chi connectivity index (χ3v) is 4.75. The average Bonchev–Trinajstić information content (AvgIpc) is 2.83. The predicted molar refractivity (Wildman–Crippen MR) is 122 cm³/mol. The normalized spacial score (nSPS) is 10.1. The van der Waals surface area contributed by atoms with Crippen LogP contribution in [-0.2, 0) is 22.7 Å². The molecule has 33 heavy (non-hydrogen) atoms. The molecule has 9 heteroatoms. The molecule has 0 spiro atoms. The molecule has 0 atom stereocenters. The van der Waals surface area contributed by atoms with Gasteiger partial charge in [-0.25, -0.2) is 9.59 Å². The van der Waals surface area contributed by atoms with Gasteiger partial charge in [0.25, 0.3) is 0 Å². The summed E-state index contributed by atoms with van der Waals surface area (Å²) in [6.45, 7) is 1.41. The van der Waals surface area contributed by atoms with Crippen molar-refractivity contribution in [1.82, 2.24) is 5.32 Å². The maximum atomic E-state index is 9.10. The summed E-state index contributed by atoms with van der Waals surface area (Å²) in [6.07, 6.45) is 0. The first kappa shape index (κ1) is 25.3. The van der Waals surface area contributed by atoms with Crippen LogP contribution in [0, 0.1) is 0 Å². The highest BCUT2D eigenvalue weighted by Gasteiger charge is 2.13. The van der Waals surface area contributed by atoms with Crippen LogP contribution in [0.25, 0.3) is 10.8 Å². The van der Waals surface area contributed by atoms with Crippen molar-refractivity contribution in [2.75, 3.05) is 28.4 Å². The van der Waals surface area contributed by atoms with Gasteiger partial charge in [0.2, 0.25) is 5.75 Å². The largest absolute Gasteiger partial charge is 0.496 e. The van der Waals surface area contributed by atoms with E-state index in [0.717, 1.165) is 23.2 Å². The summed E-state index contributed by atoms with van der Waals surface area (Å²) in [5.74, 6) is -0.846. The summed E-state index contributed by atoms with van der Waals surface area (Å²) in [6, 6.07) is 16.3. The molecule has 176 valence electrons. The van der Waals surface area contributed by atoms with Crippen LogP contribution in [0.1, 0.15) is 11.1 Å². The minimum absolute atomic E-state index is 0.602. The number of benzene rings is 3. The lowest BCUT2D eigenvalue weighted by molar-refractivity contribution is -0.159. The molecule has 3 aromatic rings. The molecule has 0 aliphatic carbocycles. The summed E-state index contributed by atoms with van der Waals surface area (Å²) < 4.78 is 21.7. The zero-order valence-corrected chi connectivity index (χ0v) is 18.9. The standard InChI is InChI=1S/C22H25NO4.C2H2O4/c1-24-19-10-9-16(17-7-5-6-8-18(17)19)14-23-13-15-11-20(25-2)22(27-4)21(12-15)26-3;3-1(4)2(5)6/h5-12,23H,13-14H2,1-4H3;(H,3,4)(H,5,6). The molecular formula is C24H27NO8. The van der Waals surface area contributed by atoms with Gasteiger partial charge < -0.3 is 34.5 Å². The van der Waals surface area contributed by atoms with E-state index in [-0.39, 0.29) is 0 Å². The molecule has 3 N–H and O–H groups in total. The van der Waals surface area contributed by atoms with Crippen LogP contribution in [-0.4, -0.2) is 50.6 Å². The Labute approximate surface area is 191 Å². The number of rotatable bonds is 8. The van der Waals surface area contributed by atoms with Crippen LogP contribution in [0.15, 0.2) is 48.5 Å². The number of methoxy groups -OCH3 is 4. The van der Waals surface area contributed by atoms with E-state index in [4.69, 9.17) is 38.7 Å². The maximum absolute atomic E-state index is 9.10. The number of carboxylic acid groups (broad SMARTS) is 2. The van der Waals surface area contributed by atoms with Gasteiger partial charge in [0.15, 0.2) is 11.5 Å². The number of carbonyl (C=O) groups is 2. The van der Waals surface area contributed by atoms with Crippen molar-refractivity contribution in [3.8, 4) is 23.0 Å². The van der Waals surface area contributed by atoms with E-state index in [2.05, 4.69) is 23.5 Å². The van der Waals surface area contributed by atoms with Gasteiger partial charge in [-0.15, -0.1) is 0 Å². The SMILES string of the molecule is COc1cc(CNCc2ccc(OC)c3ccccc23)cc(OC)c1OC.O=C(O)C(=O)O. The van der Waals surface area contributed by atoms with Crippen LogP contribution in [0.5, 0.6) is 23.0 Å². The summed E-state index contributed by atoms with van der Waals surface area (Å²) in [5, 5.41) is 20.6. The van der Waals surface area contributed by atoms with Crippen molar-refractivity contribution >= 4 is 22.7 Å². The van der Waals surface area contributed by atoms with Gasteiger partial charge in [-0.1, -0.05) is 30.3 Å². The van der Waals surface area contributed by atoms with Crippen LogP contribution in [0.2, 0.25) is 0 Å². The van der Waals surface area contributed by atoms with Crippen molar-refractivity contribution in [2.24, 2.45) is 0 Å². The molecule has 0 saturated heterocycles. The lowest BCUT2D eigenvalue weighted by atomic mass is 10.0. The number of fused-ring (bicyclic) bond motifs is 1. The fraction of sp³-hybridized carbons (Fsp3) is 0.250. The topological polar surface area (TPSA) is 124 Å². The Kier molecular flexibility index (Phi) is 9.31. The van der Waals surface area contributed by atoms with E-state index in [1.54, 1.807) is 28.4 Å². The van der Waals surface area contributed by atoms with Crippen molar-refractivity contribution in [1.29, 1.82) is 0 Å². The van der Waals surface area contributed by atoms with Crippen molar-refractivity contribution in [3.05, 3.63) is 59.7 Å². The number of nitrogens with one attached hydrogen (secondary N) is 1. The van der Waals surface area contributed by atoms with E-state index < -0.39 is 11.9 Å².